The highest BCUT2D eigenvalue weighted by molar-refractivity contribution is 5.74. The van der Waals surface area contributed by atoms with E-state index in [-0.39, 0.29) is 6.03 Å². The van der Waals surface area contributed by atoms with E-state index in [0.717, 1.165) is 49.9 Å². The molecule has 150 valence electrons. The van der Waals surface area contributed by atoms with Gasteiger partial charge in [-0.25, -0.2) is 4.79 Å². The molecule has 3 aromatic rings. The van der Waals surface area contributed by atoms with Crippen molar-refractivity contribution in [2.45, 2.75) is 32.2 Å². The first kappa shape index (κ1) is 19.1. The van der Waals surface area contributed by atoms with Crippen molar-refractivity contribution < 1.29 is 9.32 Å². The first-order valence-corrected chi connectivity index (χ1v) is 10.1. The molecule has 0 saturated carbocycles. The Morgan fingerprint density at radius 3 is 2.93 bits per heavy atom. The molecule has 1 aliphatic heterocycles. The fraction of sp³-hybridized carbons (Fsp3) is 0.364. The van der Waals surface area contributed by atoms with Gasteiger partial charge in [0.05, 0.1) is 5.56 Å². The zero-order valence-corrected chi connectivity index (χ0v) is 16.3. The Labute approximate surface area is 170 Å². The number of pyridine rings is 1. The summed E-state index contributed by atoms with van der Waals surface area (Å²) in [7, 11) is 0. The zero-order chi connectivity index (χ0) is 19.9. The number of hydrogen-bond donors (Lipinski definition) is 1. The number of piperidine rings is 1. The predicted molar refractivity (Wildman–Crippen MR) is 109 cm³/mol. The van der Waals surface area contributed by atoms with Gasteiger partial charge in [0.1, 0.15) is 0 Å². The third-order valence-electron chi connectivity index (χ3n) is 5.25. The highest BCUT2D eigenvalue weighted by atomic mass is 16.5. The van der Waals surface area contributed by atoms with E-state index in [2.05, 4.69) is 20.4 Å². The third-order valence-corrected chi connectivity index (χ3v) is 5.25. The number of likely N-dealkylation sites (tertiary alicyclic amines) is 1. The van der Waals surface area contributed by atoms with Crippen LogP contribution < -0.4 is 5.32 Å². The van der Waals surface area contributed by atoms with Gasteiger partial charge in [0, 0.05) is 38.4 Å². The van der Waals surface area contributed by atoms with Crippen LogP contribution >= 0.6 is 0 Å². The number of nitrogens with one attached hydrogen (secondary N) is 1. The van der Waals surface area contributed by atoms with E-state index in [4.69, 9.17) is 4.52 Å². The van der Waals surface area contributed by atoms with E-state index in [1.165, 1.54) is 0 Å². The molecule has 1 aliphatic rings. The van der Waals surface area contributed by atoms with Gasteiger partial charge in [-0.2, -0.15) is 4.98 Å². The van der Waals surface area contributed by atoms with E-state index in [0.29, 0.717) is 24.2 Å². The maximum atomic E-state index is 12.5. The number of aryl methyl sites for hydroxylation is 1. The summed E-state index contributed by atoms with van der Waals surface area (Å²) in [5.41, 5.74) is 1.93. The number of hydrogen-bond acceptors (Lipinski definition) is 5. The van der Waals surface area contributed by atoms with Crippen molar-refractivity contribution in [3.05, 3.63) is 66.2 Å². The van der Waals surface area contributed by atoms with Crippen LogP contribution in [0.3, 0.4) is 0 Å². The number of nitrogens with zero attached hydrogens (tertiary/aromatic N) is 4. The Bertz CT molecular complexity index is 913. The summed E-state index contributed by atoms with van der Waals surface area (Å²) < 4.78 is 5.35. The van der Waals surface area contributed by atoms with Crippen molar-refractivity contribution in [2.24, 2.45) is 5.92 Å². The maximum absolute atomic E-state index is 12.5. The minimum atomic E-state index is 0.0111. The first-order chi connectivity index (χ1) is 14.3. The minimum Gasteiger partial charge on any atom is -0.334 e. The summed E-state index contributed by atoms with van der Waals surface area (Å²) in [6.45, 7) is 2.14. The topological polar surface area (TPSA) is 84.2 Å². The van der Waals surface area contributed by atoms with E-state index < -0.39 is 0 Å². The minimum absolute atomic E-state index is 0.0111. The van der Waals surface area contributed by atoms with Crippen molar-refractivity contribution in [2.75, 3.05) is 13.1 Å². The Morgan fingerprint density at radius 1 is 1.21 bits per heavy atom. The molecular formula is C22H25N5O2. The number of benzene rings is 1. The van der Waals surface area contributed by atoms with Gasteiger partial charge in [-0.1, -0.05) is 35.5 Å². The molecule has 1 atom stereocenters. The summed E-state index contributed by atoms with van der Waals surface area (Å²) in [6, 6.07) is 13.7. The van der Waals surface area contributed by atoms with E-state index in [1.807, 2.05) is 47.4 Å². The number of carbonyl (C=O) groups excluding carboxylic acids is 1. The van der Waals surface area contributed by atoms with Gasteiger partial charge in [0.25, 0.3) is 5.89 Å². The van der Waals surface area contributed by atoms with Gasteiger partial charge in [0.2, 0.25) is 0 Å². The molecule has 1 fully saturated rings. The second-order valence-corrected chi connectivity index (χ2v) is 7.39. The van der Waals surface area contributed by atoms with Crippen molar-refractivity contribution in [1.82, 2.24) is 25.3 Å². The molecule has 7 nitrogen and oxygen atoms in total. The number of carbonyl (C=O) groups is 1. The molecule has 4 rings (SSSR count). The van der Waals surface area contributed by atoms with Gasteiger partial charge in [-0.3, -0.25) is 4.98 Å². The zero-order valence-electron chi connectivity index (χ0n) is 16.3. The van der Waals surface area contributed by atoms with Crippen LogP contribution in [0.1, 0.15) is 30.7 Å². The Balaban J connectivity index is 1.26. The first-order valence-electron chi connectivity index (χ1n) is 10.1. The molecule has 0 bridgehead atoms. The van der Waals surface area contributed by atoms with Crippen molar-refractivity contribution in [3.63, 3.8) is 0 Å². The number of aromatic nitrogens is 3. The molecule has 1 saturated heterocycles. The molecule has 0 aliphatic carbocycles. The van der Waals surface area contributed by atoms with Crippen LogP contribution in [0.4, 0.5) is 4.79 Å². The summed E-state index contributed by atoms with van der Waals surface area (Å²) in [5, 5.41) is 7.11. The van der Waals surface area contributed by atoms with Gasteiger partial charge in [-0.05, 0) is 42.9 Å². The lowest BCUT2D eigenvalue weighted by atomic mass is 9.93. The lowest BCUT2D eigenvalue weighted by molar-refractivity contribution is 0.162. The lowest BCUT2D eigenvalue weighted by Crippen LogP contribution is -2.45. The molecule has 3 heterocycles. The third kappa shape index (κ3) is 5.19. The highest BCUT2D eigenvalue weighted by Crippen LogP contribution is 2.22. The summed E-state index contributed by atoms with van der Waals surface area (Å²) in [6.07, 6.45) is 7.25. The molecule has 1 N–H and O–H groups in total. The molecule has 1 aromatic carbocycles. The highest BCUT2D eigenvalue weighted by Gasteiger charge is 2.24. The van der Waals surface area contributed by atoms with Gasteiger partial charge in [0.15, 0.2) is 5.82 Å². The second-order valence-electron chi connectivity index (χ2n) is 7.39. The molecule has 2 amide bonds. The average Bonchev–Trinajstić information content (AvgIpc) is 3.27. The van der Waals surface area contributed by atoms with Crippen LogP contribution in [0.25, 0.3) is 11.5 Å². The standard InChI is InChI=1S/C22H25N5O2/c28-22(24-14-17-6-2-1-3-7-17)27-13-5-8-18(16-27)10-11-20-25-21(29-26-20)19-9-4-12-23-15-19/h1-4,6-7,9,12,15,18H,5,8,10-11,13-14,16H2,(H,24,28). The second kappa shape index (κ2) is 9.32. The van der Waals surface area contributed by atoms with E-state index >= 15 is 0 Å². The van der Waals surface area contributed by atoms with E-state index in [9.17, 15) is 4.79 Å². The molecule has 2 aromatic heterocycles. The monoisotopic (exact) mass is 391 g/mol. The normalized spacial score (nSPS) is 16.6. The number of urea groups is 1. The Morgan fingerprint density at radius 2 is 2.10 bits per heavy atom. The summed E-state index contributed by atoms with van der Waals surface area (Å²) in [5.74, 6) is 1.65. The fourth-order valence-corrected chi connectivity index (χ4v) is 3.67. The van der Waals surface area contributed by atoms with Crippen LogP contribution in [-0.4, -0.2) is 39.1 Å². The Kier molecular flexibility index (Phi) is 6.14. The average molecular weight is 391 g/mol. The molecule has 29 heavy (non-hydrogen) atoms. The van der Waals surface area contributed by atoms with Crippen LogP contribution in [0.15, 0.2) is 59.4 Å². The van der Waals surface area contributed by atoms with Crippen LogP contribution in [0, 0.1) is 5.92 Å². The van der Waals surface area contributed by atoms with Gasteiger partial charge >= 0.3 is 6.03 Å². The molecular weight excluding hydrogens is 366 g/mol. The molecule has 0 radical (unpaired) electrons. The van der Waals surface area contributed by atoms with Gasteiger partial charge in [-0.15, -0.1) is 0 Å². The smallest absolute Gasteiger partial charge is 0.317 e. The quantitative estimate of drug-likeness (QED) is 0.693. The van der Waals surface area contributed by atoms with E-state index in [1.54, 1.807) is 12.4 Å². The molecule has 0 spiro atoms. The maximum Gasteiger partial charge on any atom is 0.317 e. The largest absolute Gasteiger partial charge is 0.334 e. The van der Waals surface area contributed by atoms with Crippen LogP contribution in [-0.2, 0) is 13.0 Å². The van der Waals surface area contributed by atoms with Crippen molar-refractivity contribution >= 4 is 6.03 Å². The number of amides is 2. The molecule has 1 unspecified atom stereocenters. The fourth-order valence-electron chi connectivity index (χ4n) is 3.67. The molecule has 7 heteroatoms. The van der Waals surface area contributed by atoms with Crippen LogP contribution in [0.5, 0.6) is 0 Å². The number of rotatable bonds is 6. The van der Waals surface area contributed by atoms with Crippen LogP contribution in [0.2, 0.25) is 0 Å². The summed E-state index contributed by atoms with van der Waals surface area (Å²) >= 11 is 0. The SMILES string of the molecule is O=C(NCc1ccccc1)N1CCCC(CCc2noc(-c3cccnc3)n2)C1. The predicted octanol–water partition coefficient (Wildman–Crippen LogP) is 3.69. The Hall–Kier alpha value is -3.22. The lowest BCUT2D eigenvalue weighted by Gasteiger charge is -2.32. The van der Waals surface area contributed by atoms with Crippen molar-refractivity contribution in [3.8, 4) is 11.5 Å². The van der Waals surface area contributed by atoms with Crippen molar-refractivity contribution in [1.29, 1.82) is 0 Å². The summed E-state index contributed by atoms with van der Waals surface area (Å²) in [4.78, 5) is 23.0. The van der Waals surface area contributed by atoms with Gasteiger partial charge < -0.3 is 14.7 Å².